The molecule has 3 aromatic carbocycles. The van der Waals surface area contributed by atoms with E-state index >= 15 is 0 Å². The van der Waals surface area contributed by atoms with Crippen molar-refractivity contribution in [1.82, 2.24) is 9.62 Å². The summed E-state index contributed by atoms with van der Waals surface area (Å²) in [5.41, 5.74) is 1.18. The molecule has 35 heavy (non-hydrogen) atoms. The molecule has 0 bridgehead atoms. The Hall–Kier alpha value is -3.89. The highest BCUT2D eigenvalue weighted by molar-refractivity contribution is 7.89. The van der Waals surface area contributed by atoms with E-state index in [-0.39, 0.29) is 30.7 Å². The maximum absolute atomic E-state index is 14.1. The van der Waals surface area contributed by atoms with Gasteiger partial charge in [-0.25, -0.2) is 12.8 Å². The maximum Gasteiger partial charge on any atom is 0.324 e. The lowest BCUT2D eigenvalue weighted by Crippen LogP contribution is -2.44. The first kappa shape index (κ1) is 24.2. The summed E-state index contributed by atoms with van der Waals surface area (Å²) in [5.74, 6) is -2.88. The van der Waals surface area contributed by atoms with Crippen molar-refractivity contribution in [2.24, 2.45) is 0 Å². The first-order chi connectivity index (χ1) is 16.8. The largest absolute Gasteiger partial charge is 0.463 e. The Balaban J connectivity index is 1.46. The average Bonchev–Trinajstić information content (AvgIpc) is 3.09. The average molecular weight is 497 g/mol. The van der Waals surface area contributed by atoms with Gasteiger partial charge in [0.25, 0.3) is 11.8 Å². The molecule has 180 valence electrons. The Morgan fingerprint density at radius 1 is 0.886 bits per heavy atom. The van der Waals surface area contributed by atoms with Gasteiger partial charge in [-0.2, -0.15) is 4.72 Å². The molecule has 1 heterocycles. The summed E-state index contributed by atoms with van der Waals surface area (Å²) in [6, 6.07) is 18.4. The van der Waals surface area contributed by atoms with Gasteiger partial charge in [0.1, 0.15) is 23.4 Å². The molecule has 1 aliphatic rings. The molecule has 1 aliphatic heterocycles. The van der Waals surface area contributed by atoms with E-state index in [4.69, 9.17) is 4.74 Å². The highest BCUT2D eigenvalue weighted by Gasteiger charge is 2.35. The number of nitrogens with zero attached hydrogens (tertiary/aromatic N) is 1. The molecule has 1 N–H and O–H groups in total. The second-order valence-corrected chi connectivity index (χ2v) is 9.45. The Bertz CT molecular complexity index is 1340. The Kier molecular flexibility index (Phi) is 7.04. The van der Waals surface area contributed by atoms with Crippen LogP contribution in [0.25, 0.3) is 0 Å². The smallest absolute Gasteiger partial charge is 0.324 e. The minimum atomic E-state index is -4.39. The van der Waals surface area contributed by atoms with Gasteiger partial charge in [-0.15, -0.1) is 0 Å². The fraction of sp³-hybridized carbons (Fsp3) is 0.160. The molecule has 0 aliphatic carbocycles. The molecule has 3 aromatic rings. The summed E-state index contributed by atoms with van der Waals surface area (Å²) >= 11 is 0. The van der Waals surface area contributed by atoms with E-state index in [1.54, 1.807) is 42.5 Å². The predicted molar refractivity (Wildman–Crippen MR) is 123 cm³/mol. The normalized spacial score (nSPS) is 14.0. The van der Waals surface area contributed by atoms with Gasteiger partial charge in [-0.1, -0.05) is 54.6 Å². The topological polar surface area (TPSA) is 110 Å². The Labute approximate surface area is 201 Å². The van der Waals surface area contributed by atoms with Crippen LogP contribution >= 0.6 is 0 Å². The van der Waals surface area contributed by atoms with Crippen molar-refractivity contribution in [1.29, 1.82) is 0 Å². The highest BCUT2D eigenvalue weighted by atomic mass is 32.2. The van der Waals surface area contributed by atoms with Crippen LogP contribution in [0.1, 0.15) is 26.3 Å². The molecule has 0 radical (unpaired) electrons. The number of carbonyl (C=O) groups is 3. The van der Waals surface area contributed by atoms with Crippen LogP contribution in [-0.2, 0) is 26.0 Å². The fourth-order valence-electron chi connectivity index (χ4n) is 3.72. The number of ether oxygens (including phenoxy) is 1. The first-order valence-electron chi connectivity index (χ1n) is 10.7. The van der Waals surface area contributed by atoms with Crippen LogP contribution in [0.3, 0.4) is 0 Å². The minimum Gasteiger partial charge on any atom is -0.463 e. The number of amides is 2. The van der Waals surface area contributed by atoms with E-state index in [2.05, 4.69) is 4.72 Å². The lowest BCUT2D eigenvalue weighted by molar-refractivity contribution is -0.145. The SMILES string of the molecule is O=C(OCCN1C(=O)c2ccccc2C1=O)C(Cc1ccccc1)NS(=O)(=O)c1ccccc1F. The molecule has 1 atom stereocenters. The van der Waals surface area contributed by atoms with Gasteiger partial charge < -0.3 is 4.74 Å². The third kappa shape index (κ3) is 5.28. The lowest BCUT2D eigenvalue weighted by atomic mass is 10.1. The number of rotatable bonds is 9. The van der Waals surface area contributed by atoms with Crippen molar-refractivity contribution in [2.75, 3.05) is 13.2 Å². The molecule has 2 amide bonds. The Morgan fingerprint density at radius 2 is 1.46 bits per heavy atom. The van der Waals surface area contributed by atoms with Gasteiger partial charge in [0, 0.05) is 0 Å². The standard InChI is InChI=1S/C25H21FN2O6S/c26-20-12-6-7-13-22(20)35(32,33)27-21(16-17-8-2-1-3-9-17)25(31)34-15-14-28-23(29)18-10-4-5-11-19(18)24(28)30/h1-13,21,27H,14-16H2. The number of hydrogen-bond donors (Lipinski definition) is 1. The quantitative estimate of drug-likeness (QED) is 0.360. The summed E-state index contributed by atoms with van der Waals surface area (Å²) in [5, 5.41) is 0. The molecule has 0 aromatic heterocycles. The van der Waals surface area contributed by atoms with E-state index in [0.29, 0.717) is 5.56 Å². The van der Waals surface area contributed by atoms with Crippen LogP contribution in [0, 0.1) is 5.82 Å². The van der Waals surface area contributed by atoms with Gasteiger partial charge >= 0.3 is 5.97 Å². The van der Waals surface area contributed by atoms with E-state index in [1.807, 2.05) is 0 Å². The molecule has 0 saturated heterocycles. The van der Waals surface area contributed by atoms with Crippen molar-refractivity contribution in [3.63, 3.8) is 0 Å². The second kappa shape index (κ2) is 10.2. The monoisotopic (exact) mass is 496 g/mol. The van der Waals surface area contributed by atoms with Crippen LogP contribution in [0.15, 0.2) is 83.8 Å². The van der Waals surface area contributed by atoms with Crippen molar-refractivity contribution < 1.29 is 31.9 Å². The Morgan fingerprint density at radius 3 is 2.09 bits per heavy atom. The second-order valence-electron chi connectivity index (χ2n) is 7.77. The molecular weight excluding hydrogens is 475 g/mol. The molecule has 0 spiro atoms. The molecular formula is C25H21FN2O6S. The third-order valence-corrected chi connectivity index (χ3v) is 6.93. The number of carbonyl (C=O) groups excluding carboxylic acids is 3. The number of hydrogen-bond acceptors (Lipinski definition) is 6. The molecule has 0 saturated carbocycles. The van der Waals surface area contributed by atoms with Crippen LogP contribution in [0.4, 0.5) is 4.39 Å². The first-order valence-corrected chi connectivity index (χ1v) is 12.2. The van der Waals surface area contributed by atoms with E-state index < -0.39 is 44.6 Å². The molecule has 4 rings (SSSR count). The van der Waals surface area contributed by atoms with Gasteiger partial charge in [0.05, 0.1) is 17.7 Å². The number of esters is 1. The molecule has 8 nitrogen and oxygen atoms in total. The third-order valence-electron chi connectivity index (χ3n) is 5.43. The van der Waals surface area contributed by atoms with E-state index in [0.717, 1.165) is 17.0 Å². The summed E-state index contributed by atoms with van der Waals surface area (Å²) in [6.07, 6.45) is -0.0552. The fourth-order valence-corrected chi connectivity index (χ4v) is 4.98. The van der Waals surface area contributed by atoms with Crippen molar-refractivity contribution in [3.05, 3.63) is 101 Å². The number of halogens is 1. The molecule has 10 heteroatoms. The highest BCUT2D eigenvalue weighted by Crippen LogP contribution is 2.22. The van der Waals surface area contributed by atoms with Crippen LogP contribution in [-0.4, -0.2) is 50.3 Å². The zero-order valence-electron chi connectivity index (χ0n) is 18.4. The molecule has 0 fully saturated rings. The maximum atomic E-state index is 14.1. The zero-order valence-corrected chi connectivity index (χ0v) is 19.2. The van der Waals surface area contributed by atoms with Gasteiger partial charge in [0.15, 0.2) is 0 Å². The molecule has 1 unspecified atom stereocenters. The van der Waals surface area contributed by atoms with Crippen LogP contribution in [0.5, 0.6) is 0 Å². The minimum absolute atomic E-state index is 0.0552. The number of nitrogens with one attached hydrogen (secondary N) is 1. The summed E-state index contributed by atoms with van der Waals surface area (Å²) < 4.78 is 47.2. The summed E-state index contributed by atoms with van der Waals surface area (Å²) in [6.45, 7) is -0.534. The summed E-state index contributed by atoms with van der Waals surface area (Å²) in [4.78, 5) is 38.2. The number of sulfonamides is 1. The van der Waals surface area contributed by atoms with Crippen molar-refractivity contribution in [2.45, 2.75) is 17.4 Å². The van der Waals surface area contributed by atoms with Gasteiger partial charge in [-0.3, -0.25) is 19.3 Å². The predicted octanol–water partition coefficient (Wildman–Crippen LogP) is 2.55. The number of imide groups is 1. The number of fused-ring (bicyclic) bond motifs is 1. The zero-order chi connectivity index (χ0) is 25.0. The summed E-state index contributed by atoms with van der Waals surface area (Å²) in [7, 11) is -4.39. The van der Waals surface area contributed by atoms with Crippen LogP contribution < -0.4 is 4.72 Å². The van der Waals surface area contributed by atoms with E-state index in [1.165, 1.54) is 24.3 Å². The van der Waals surface area contributed by atoms with E-state index in [9.17, 15) is 27.2 Å². The number of benzene rings is 3. The van der Waals surface area contributed by atoms with Crippen LogP contribution in [0.2, 0.25) is 0 Å². The lowest BCUT2D eigenvalue weighted by Gasteiger charge is -2.19. The van der Waals surface area contributed by atoms with Gasteiger partial charge in [0.2, 0.25) is 10.0 Å². The van der Waals surface area contributed by atoms with Crippen molar-refractivity contribution >= 4 is 27.8 Å². The van der Waals surface area contributed by atoms with Crippen molar-refractivity contribution in [3.8, 4) is 0 Å². The van der Waals surface area contributed by atoms with Gasteiger partial charge in [-0.05, 0) is 36.2 Å².